The van der Waals surface area contributed by atoms with Gasteiger partial charge >= 0.3 is 11.9 Å². The average Bonchev–Trinajstić information content (AvgIpc) is 3.56. The molecule has 2 aromatic rings. The summed E-state index contributed by atoms with van der Waals surface area (Å²) in [5.41, 5.74) is 2.97. The topological polar surface area (TPSA) is 83.8 Å². The number of rotatable bonds is 9. The third-order valence-corrected chi connectivity index (χ3v) is 10.6. The van der Waals surface area contributed by atoms with E-state index in [0.29, 0.717) is 11.5 Å². The number of hydrogen-bond acceptors (Lipinski definition) is 6. The summed E-state index contributed by atoms with van der Waals surface area (Å²) in [7, 11) is 0. The van der Waals surface area contributed by atoms with Crippen LogP contribution in [0.4, 0.5) is 0 Å². The first-order valence-electron chi connectivity index (χ1n) is 15.3. The fourth-order valence-corrected chi connectivity index (χ4v) is 7.92. The highest BCUT2D eigenvalue weighted by atomic mass is 32.2. The van der Waals surface area contributed by atoms with Crippen LogP contribution >= 0.6 is 23.5 Å². The predicted octanol–water partition coefficient (Wildman–Crippen LogP) is 10.1. The first-order valence-corrected chi connectivity index (χ1v) is 16.9. The first kappa shape index (κ1) is 35.4. The Labute approximate surface area is 268 Å². The number of phenolic OH excluding ortho intramolecular Hbond substituents is 1. The smallest absolute Gasteiger partial charge is 0.311 e. The van der Waals surface area contributed by atoms with Crippen molar-refractivity contribution in [1.82, 2.24) is 0 Å². The monoisotopic (exact) mass is 628 g/mol. The molecule has 5 nitrogen and oxygen atoms in total. The molecule has 3 rings (SSSR count). The van der Waals surface area contributed by atoms with Crippen molar-refractivity contribution in [2.75, 3.05) is 0 Å². The summed E-state index contributed by atoms with van der Waals surface area (Å²) in [6.45, 7) is 25.7. The molecule has 0 atom stereocenters. The molecule has 238 valence electrons. The number of hydrogen-bond donors (Lipinski definition) is 2. The van der Waals surface area contributed by atoms with E-state index in [1.54, 1.807) is 0 Å². The lowest BCUT2D eigenvalue weighted by Gasteiger charge is -2.31. The maximum absolute atomic E-state index is 12.9. The van der Waals surface area contributed by atoms with Crippen molar-refractivity contribution in [2.45, 2.75) is 151 Å². The molecule has 0 unspecified atom stereocenters. The van der Waals surface area contributed by atoms with E-state index in [9.17, 15) is 14.7 Å². The number of aliphatic carboxylic acids is 1. The Morgan fingerprint density at radius 2 is 1.07 bits per heavy atom. The van der Waals surface area contributed by atoms with Crippen LogP contribution in [0.1, 0.15) is 137 Å². The molecule has 2 aromatic carbocycles. The van der Waals surface area contributed by atoms with Crippen molar-refractivity contribution in [3.63, 3.8) is 0 Å². The molecule has 0 spiro atoms. The van der Waals surface area contributed by atoms with E-state index in [0.717, 1.165) is 40.0 Å². The zero-order valence-electron chi connectivity index (χ0n) is 28.3. The second-order valence-corrected chi connectivity index (χ2v) is 19.2. The Morgan fingerprint density at radius 3 is 1.40 bits per heavy atom. The molecule has 1 saturated carbocycles. The molecule has 0 aliphatic heterocycles. The van der Waals surface area contributed by atoms with Gasteiger partial charge in [0.1, 0.15) is 11.5 Å². The van der Waals surface area contributed by atoms with E-state index in [4.69, 9.17) is 9.84 Å². The number of carboxylic acids is 1. The number of thioether (sulfide) groups is 2. The summed E-state index contributed by atoms with van der Waals surface area (Å²) >= 11 is 3.78. The molecule has 2 N–H and O–H groups in total. The molecule has 0 amide bonds. The minimum atomic E-state index is -0.914. The van der Waals surface area contributed by atoms with Crippen LogP contribution in [-0.2, 0) is 31.2 Å². The molecule has 7 heteroatoms. The van der Waals surface area contributed by atoms with Crippen LogP contribution in [0.2, 0.25) is 0 Å². The van der Waals surface area contributed by atoms with Gasteiger partial charge in [-0.05, 0) is 65.2 Å². The van der Waals surface area contributed by atoms with Gasteiger partial charge in [0, 0.05) is 44.9 Å². The van der Waals surface area contributed by atoms with E-state index in [1.807, 2.05) is 23.5 Å². The highest BCUT2D eigenvalue weighted by Gasteiger charge is 2.46. The van der Waals surface area contributed by atoms with E-state index in [-0.39, 0.29) is 45.0 Å². The summed E-state index contributed by atoms with van der Waals surface area (Å²) < 4.78 is 6.03. The van der Waals surface area contributed by atoms with Gasteiger partial charge in [-0.15, -0.1) is 23.5 Å². The Bertz CT molecular complexity index is 1290. The number of esters is 1. The molecular weight excluding hydrogens is 577 g/mol. The van der Waals surface area contributed by atoms with Crippen LogP contribution < -0.4 is 4.74 Å². The first-order chi connectivity index (χ1) is 19.4. The Hall–Kier alpha value is -2.12. The quantitative estimate of drug-likeness (QED) is 0.162. The maximum Gasteiger partial charge on any atom is 0.311 e. The van der Waals surface area contributed by atoms with Gasteiger partial charge in [-0.2, -0.15) is 0 Å². The second kappa shape index (κ2) is 12.3. The number of carbonyl (C=O) groups is 2. The second-order valence-electron chi connectivity index (χ2n) is 16.1. The summed E-state index contributed by atoms with van der Waals surface area (Å²) in [6, 6.07) is 8.70. The Morgan fingerprint density at radius 1 is 0.698 bits per heavy atom. The molecule has 1 aliphatic rings. The lowest BCUT2D eigenvalue weighted by atomic mass is 9.79. The van der Waals surface area contributed by atoms with E-state index < -0.39 is 11.9 Å². The number of carbonyl (C=O) groups excluding carboxylic acids is 1. The van der Waals surface area contributed by atoms with E-state index >= 15 is 0 Å². The minimum Gasteiger partial charge on any atom is -0.507 e. The van der Waals surface area contributed by atoms with Crippen molar-refractivity contribution in [2.24, 2.45) is 0 Å². The molecule has 0 aromatic heterocycles. The zero-order valence-corrected chi connectivity index (χ0v) is 29.9. The lowest BCUT2D eigenvalue weighted by Crippen LogP contribution is -2.22. The van der Waals surface area contributed by atoms with Crippen LogP contribution in [0.25, 0.3) is 0 Å². The summed E-state index contributed by atoms with van der Waals surface area (Å²) in [4.78, 5) is 26.1. The van der Waals surface area contributed by atoms with Gasteiger partial charge < -0.3 is 14.9 Å². The average molecular weight is 629 g/mol. The van der Waals surface area contributed by atoms with Gasteiger partial charge in [0.2, 0.25) is 0 Å². The number of aromatic hydroxyl groups is 1. The van der Waals surface area contributed by atoms with Crippen molar-refractivity contribution in [1.29, 1.82) is 0 Å². The Kier molecular flexibility index (Phi) is 10.2. The SMILES string of the molecule is CC(C)(C)c1cc(SC2(Sc3cc(C(C)(C)C)c(OC(=O)CCCC(=O)O)c(C(C)(C)C)c3)CC2)cc(C(C)(C)C)c1O. The third kappa shape index (κ3) is 9.20. The minimum absolute atomic E-state index is 0.0133. The normalized spacial score (nSPS) is 15.3. The van der Waals surface area contributed by atoms with Crippen LogP contribution in [0.3, 0.4) is 0 Å². The number of carboxylic acid groups (broad SMARTS) is 1. The number of ether oxygens (including phenoxy) is 1. The van der Waals surface area contributed by atoms with Gasteiger partial charge in [0.05, 0.1) is 4.08 Å². The van der Waals surface area contributed by atoms with Gasteiger partial charge in [-0.1, -0.05) is 83.1 Å². The largest absolute Gasteiger partial charge is 0.507 e. The zero-order chi connectivity index (χ0) is 32.8. The van der Waals surface area contributed by atoms with Crippen LogP contribution in [0.5, 0.6) is 11.5 Å². The van der Waals surface area contributed by atoms with Crippen molar-refractivity contribution in [3.8, 4) is 11.5 Å². The van der Waals surface area contributed by atoms with Gasteiger partial charge in [0.15, 0.2) is 0 Å². The highest BCUT2D eigenvalue weighted by molar-refractivity contribution is 8.18. The molecule has 0 bridgehead atoms. The van der Waals surface area contributed by atoms with Crippen LogP contribution in [0.15, 0.2) is 34.1 Å². The molecule has 0 radical (unpaired) electrons. The predicted molar refractivity (Wildman–Crippen MR) is 180 cm³/mol. The standard InChI is InChI=1S/C36H52O5S2/c1-32(2,3)24-18-22(19-25(30(24)40)33(4,5)6)42-36(16-17-36)43-23-20-26(34(7,8)9)31(27(21-23)35(10,11)12)41-29(39)15-13-14-28(37)38/h18-21,40H,13-17H2,1-12H3,(H,37,38). The molecule has 1 aliphatic carbocycles. The summed E-state index contributed by atoms with van der Waals surface area (Å²) in [5, 5.41) is 20.2. The van der Waals surface area contributed by atoms with Gasteiger partial charge in [0.25, 0.3) is 0 Å². The van der Waals surface area contributed by atoms with Gasteiger partial charge in [-0.25, -0.2) is 0 Å². The fraction of sp³-hybridized carbons (Fsp3) is 0.611. The number of benzene rings is 2. The summed E-state index contributed by atoms with van der Waals surface area (Å²) in [6.07, 6.45) is 2.42. The van der Waals surface area contributed by atoms with Crippen LogP contribution in [-0.4, -0.2) is 26.2 Å². The van der Waals surface area contributed by atoms with Crippen molar-refractivity contribution < 1.29 is 24.5 Å². The van der Waals surface area contributed by atoms with E-state index in [1.165, 1.54) is 4.90 Å². The molecular formula is C36H52O5S2. The third-order valence-electron chi connectivity index (χ3n) is 7.63. The van der Waals surface area contributed by atoms with E-state index in [2.05, 4.69) is 107 Å². The van der Waals surface area contributed by atoms with Gasteiger partial charge in [-0.3, -0.25) is 9.59 Å². The van der Waals surface area contributed by atoms with Crippen molar-refractivity contribution >= 4 is 35.5 Å². The molecule has 1 fully saturated rings. The number of phenols is 1. The fourth-order valence-electron chi connectivity index (χ4n) is 5.00. The molecule has 0 saturated heterocycles. The van der Waals surface area contributed by atoms with Crippen molar-refractivity contribution in [3.05, 3.63) is 46.5 Å². The Balaban J connectivity index is 2.03. The highest BCUT2D eigenvalue weighted by Crippen LogP contribution is 2.63. The maximum atomic E-state index is 12.9. The molecule has 0 heterocycles. The molecule has 43 heavy (non-hydrogen) atoms. The van der Waals surface area contributed by atoms with Crippen LogP contribution in [0, 0.1) is 0 Å². The summed E-state index contributed by atoms with van der Waals surface area (Å²) in [5.74, 6) is -0.309. The lowest BCUT2D eigenvalue weighted by molar-refractivity contribution is -0.137.